The Bertz CT molecular complexity index is 1180. The van der Waals surface area contributed by atoms with Crippen LogP contribution in [-0.4, -0.2) is 59.0 Å². The fourth-order valence-corrected chi connectivity index (χ4v) is 3.25. The van der Waals surface area contributed by atoms with E-state index in [0.29, 0.717) is 27.9 Å². The molecular formula is C21H22N4O4. The third-order valence-electron chi connectivity index (χ3n) is 5.10. The first-order valence-corrected chi connectivity index (χ1v) is 9.29. The van der Waals surface area contributed by atoms with Crippen LogP contribution >= 0.6 is 0 Å². The maximum Gasteiger partial charge on any atom is 0.182 e. The molecule has 0 aliphatic carbocycles. The maximum absolute atomic E-state index is 10.7. The zero-order chi connectivity index (χ0) is 20.7. The predicted molar refractivity (Wildman–Crippen MR) is 108 cm³/mol. The summed E-state index contributed by atoms with van der Waals surface area (Å²) >= 11 is 0. The maximum atomic E-state index is 10.7. The summed E-state index contributed by atoms with van der Waals surface area (Å²) in [6, 6.07) is 13.1. The largest absolute Gasteiger partial charge is 0.394 e. The van der Waals surface area contributed by atoms with E-state index in [0.717, 1.165) is 11.1 Å². The van der Waals surface area contributed by atoms with Crippen LogP contribution < -0.4 is 0 Å². The number of hydrogen-bond acceptors (Lipinski definition) is 7. The number of aryl methyl sites for hydroxylation is 2. The van der Waals surface area contributed by atoms with Gasteiger partial charge in [0.15, 0.2) is 5.65 Å². The smallest absolute Gasteiger partial charge is 0.182 e. The Morgan fingerprint density at radius 3 is 2.17 bits per heavy atom. The van der Waals surface area contributed by atoms with Gasteiger partial charge in [-0.1, -0.05) is 18.2 Å². The Hall–Kier alpha value is -2.91. The number of hydrogen-bond donors (Lipinski definition) is 4. The Morgan fingerprint density at radius 1 is 0.931 bits per heavy atom. The van der Waals surface area contributed by atoms with Gasteiger partial charge in [0.05, 0.1) is 23.3 Å². The minimum Gasteiger partial charge on any atom is -0.394 e. The number of nitrogens with zero attached hydrogens (tertiary/aromatic N) is 4. The van der Waals surface area contributed by atoms with Crippen LogP contribution in [-0.2, 0) is 0 Å². The molecular weight excluding hydrogens is 372 g/mol. The van der Waals surface area contributed by atoms with Gasteiger partial charge in [0.25, 0.3) is 0 Å². The van der Waals surface area contributed by atoms with Crippen molar-refractivity contribution in [2.24, 2.45) is 0 Å². The predicted octanol–water partition coefficient (Wildman–Crippen LogP) is 1.33. The molecule has 0 aliphatic rings. The highest BCUT2D eigenvalue weighted by molar-refractivity contribution is 5.87. The van der Waals surface area contributed by atoms with E-state index in [1.165, 1.54) is 0 Å². The average Bonchev–Trinajstić information content (AvgIpc) is 3.10. The van der Waals surface area contributed by atoms with Crippen LogP contribution in [0.3, 0.4) is 0 Å². The average molecular weight is 394 g/mol. The fourth-order valence-electron chi connectivity index (χ4n) is 3.25. The Kier molecular flexibility index (Phi) is 5.01. The quantitative estimate of drug-likeness (QED) is 0.402. The van der Waals surface area contributed by atoms with Gasteiger partial charge in [-0.05, 0) is 49.2 Å². The molecule has 0 bridgehead atoms. The van der Waals surface area contributed by atoms with Gasteiger partial charge >= 0.3 is 0 Å². The van der Waals surface area contributed by atoms with E-state index in [2.05, 4.69) is 10.1 Å². The molecule has 0 aliphatic heterocycles. The van der Waals surface area contributed by atoms with Gasteiger partial charge in [-0.15, -0.1) is 0 Å². The van der Waals surface area contributed by atoms with E-state index < -0.39 is 24.9 Å². The Labute approximate surface area is 166 Å². The van der Waals surface area contributed by atoms with E-state index in [1.54, 1.807) is 4.68 Å². The van der Waals surface area contributed by atoms with Crippen molar-refractivity contribution in [3.63, 3.8) is 0 Å². The van der Waals surface area contributed by atoms with Gasteiger partial charge in [-0.3, -0.25) is 0 Å². The van der Waals surface area contributed by atoms with Gasteiger partial charge in [0, 0.05) is 0 Å². The summed E-state index contributed by atoms with van der Waals surface area (Å²) in [6.07, 6.45) is -4.69. The lowest BCUT2D eigenvalue weighted by Crippen LogP contribution is -2.35. The van der Waals surface area contributed by atoms with Crippen LogP contribution in [0.15, 0.2) is 42.5 Å². The van der Waals surface area contributed by atoms with Crippen LogP contribution in [0.5, 0.6) is 0 Å². The third-order valence-corrected chi connectivity index (χ3v) is 5.10. The molecule has 150 valence electrons. The third kappa shape index (κ3) is 3.36. The Balaban J connectivity index is 2.00. The summed E-state index contributed by atoms with van der Waals surface area (Å²) in [5.74, 6) is 0. The molecule has 0 fully saturated rings. The van der Waals surface area contributed by atoms with E-state index >= 15 is 0 Å². The number of para-hydroxylation sites is 1. The van der Waals surface area contributed by atoms with Crippen molar-refractivity contribution in [3.05, 3.63) is 59.3 Å². The zero-order valence-corrected chi connectivity index (χ0v) is 16.1. The summed E-state index contributed by atoms with van der Waals surface area (Å²) in [6.45, 7) is 3.28. The van der Waals surface area contributed by atoms with Crippen molar-refractivity contribution in [3.8, 4) is 5.69 Å². The molecule has 0 saturated carbocycles. The first kappa shape index (κ1) is 19.4. The van der Waals surface area contributed by atoms with E-state index in [4.69, 9.17) is 10.1 Å². The number of aliphatic hydroxyl groups is 4. The molecule has 8 heteroatoms. The molecule has 2 aromatic heterocycles. The van der Waals surface area contributed by atoms with Crippen molar-refractivity contribution < 1.29 is 20.4 Å². The second kappa shape index (κ2) is 7.49. The second-order valence-electron chi connectivity index (χ2n) is 7.14. The molecule has 0 radical (unpaired) electrons. The molecule has 2 aromatic carbocycles. The monoisotopic (exact) mass is 394 g/mol. The van der Waals surface area contributed by atoms with Gasteiger partial charge in [0.1, 0.15) is 29.5 Å². The van der Waals surface area contributed by atoms with E-state index in [-0.39, 0.29) is 5.69 Å². The lowest BCUT2D eigenvalue weighted by Gasteiger charge is -2.20. The molecule has 4 rings (SSSR count). The normalized spacial score (nSPS) is 15.0. The van der Waals surface area contributed by atoms with Crippen LogP contribution in [0.2, 0.25) is 0 Å². The highest BCUT2D eigenvalue weighted by Crippen LogP contribution is 2.29. The van der Waals surface area contributed by atoms with Gasteiger partial charge in [0.2, 0.25) is 0 Å². The number of aromatic nitrogens is 4. The van der Waals surface area contributed by atoms with E-state index in [9.17, 15) is 15.3 Å². The number of fused-ring (bicyclic) bond motifs is 2. The van der Waals surface area contributed by atoms with Crippen LogP contribution in [0, 0.1) is 13.8 Å². The molecule has 2 heterocycles. The minimum absolute atomic E-state index is 0.0801. The van der Waals surface area contributed by atoms with E-state index in [1.807, 2.05) is 56.3 Å². The van der Waals surface area contributed by atoms with Crippen LogP contribution in [0.1, 0.15) is 22.9 Å². The first-order chi connectivity index (χ1) is 13.9. The topological polar surface area (TPSA) is 125 Å². The fraction of sp³-hybridized carbons (Fsp3) is 0.286. The lowest BCUT2D eigenvalue weighted by atomic mass is 10.0. The zero-order valence-electron chi connectivity index (χ0n) is 16.1. The van der Waals surface area contributed by atoms with Gasteiger partial charge in [-0.25, -0.2) is 14.6 Å². The molecule has 0 saturated heterocycles. The SMILES string of the molecule is Cc1cc2nc3c(C(O)C(O)C(O)CO)nn(-c4ccccc4)c3nc2cc1C. The summed E-state index contributed by atoms with van der Waals surface area (Å²) in [5.41, 5.74) is 5.00. The van der Waals surface area contributed by atoms with Crippen molar-refractivity contribution in [1.82, 2.24) is 19.7 Å². The van der Waals surface area contributed by atoms with Crippen molar-refractivity contribution >= 4 is 22.2 Å². The molecule has 0 spiro atoms. The van der Waals surface area contributed by atoms with Crippen molar-refractivity contribution in [2.45, 2.75) is 32.2 Å². The Morgan fingerprint density at radius 2 is 1.55 bits per heavy atom. The summed E-state index contributed by atoms with van der Waals surface area (Å²) < 4.78 is 1.55. The summed E-state index contributed by atoms with van der Waals surface area (Å²) in [4.78, 5) is 9.37. The summed E-state index contributed by atoms with van der Waals surface area (Å²) in [5, 5.41) is 44.2. The number of aliphatic hydroxyl groups excluding tert-OH is 4. The lowest BCUT2D eigenvalue weighted by molar-refractivity contribution is -0.0786. The molecule has 3 unspecified atom stereocenters. The van der Waals surface area contributed by atoms with Gasteiger partial charge < -0.3 is 20.4 Å². The first-order valence-electron chi connectivity index (χ1n) is 9.29. The molecule has 4 aromatic rings. The molecule has 4 N–H and O–H groups in total. The molecule has 29 heavy (non-hydrogen) atoms. The van der Waals surface area contributed by atoms with Crippen LogP contribution in [0.4, 0.5) is 0 Å². The van der Waals surface area contributed by atoms with Gasteiger partial charge in [-0.2, -0.15) is 5.10 Å². The number of benzene rings is 2. The van der Waals surface area contributed by atoms with Crippen molar-refractivity contribution in [1.29, 1.82) is 0 Å². The molecule has 8 nitrogen and oxygen atoms in total. The minimum atomic E-state index is -1.63. The standard InChI is InChI=1S/C21H22N4O4/c1-11-8-14-15(9-12(11)2)23-21-18(22-14)17(20(29)19(28)16(27)10-26)24-25(21)13-6-4-3-5-7-13/h3-9,16,19-20,26-29H,10H2,1-2H3. The highest BCUT2D eigenvalue weighted by Gasteiger charge is 2.31. The summed E-state index contributed by atoms with van der Waals surface area (Å²) in [7, 11) is 0. The number of rotatable bonds is 5. The second-order valence-corrected chi connectivity index (χ2v) is 7.14. The molecule has 0 amide bonds. The van der Waals surface area contributed by atoms with Crippen molar-refractivity contribution in [2.75, 3.05) is 6.61 Å². The van der Waals surface area contributed by atoms with Crippen LogP contribution in [0.25, 0.3) is 27.9 Å². The molecule has 3 atom stereocenters. The highest BCUT2D eigenvalue weighted by atomic mass is 16.4.